The molecular formula is C51H30N4O. The second kappa shape index (κ2) is 11.9. The van der Waals surface area contributed by atoms with Gasteiger partial charge >= 0.3 is 0 Å². The summed E-state index contributed by atoms with van der Waals surface area (Å²) in [6.45, 7) is 0. The summed E-state index contributed by atoms with van der Waals surface area (Å²) in [5.74, 6) is 1.67. The number of rotatable bonds is 4. The Balaban J connectivity index is 1.10. The summed E-state index contributed by atoms with van der Waals surface area (Å²) in [5.41, 5.74) is 7.57. The topological polar surface area (TPSA) is 56.7 Å². The molecule has 5 nitrogen and oxygen atoms in total. The average Bonchev–Trinajstić information content (AvgIpc) is 3.80. The average molecular weight is 715 g/mol. The standard InChI is InChI=1S/C51H30N4O/c1-2-13-35-30-47-44(29-34(35)12-1)41-19-10-20-42(48(41)56-47)50-52-49(53-51(54-50)55-45-21-7-5-17-39(45)40-18-6-8-22-46(40)55)37-15-9-14-33(27-37)36-26-25-32-24-23-31-11-3-4-16-38(31)43(32)28-36/h1-30H. The summed E-state index contributed by atoms with van der Waals surface area (Å²) in [6.07, 6.45) is 0. The minimum Gasteiger partial charge on any atom is -0.455 e. The lowest BCUT2D eigenvalue weighted by molar-refractivity contribution is 0.670. The number of para-hydroxylation sites is 3. The molecule has 12 rings (SSSR count). The first-order valence-electron chi connectivity index (χ1n) is 18.8. The van der Waals surface area contributed by atoms with E-state index in [9.17, 15) is 0 Å². The van der Waals surface area contributed by atoms with Gasteiger partial charge in [-0.3, -0.25) is 4.57 Å². The molecule has 3 heterocycles. The summed E-state index contributed by atoms with van der Waals surface area (Å²) >= 11 is 0. The van der Waals surface area contributed by atoms with E-state index in [1.807, 2.05) is 0 Å². The number of furan rings is 1. The Labute approximate surface area is 320 Å². The molecule has 0 aliphatic carbocycles. The Morgan fingerprint density at radius 1 is 0.357 bits per heavy atom. The van der Waals surface area contributed by atoms with Gasteiger partial charge in [0.2, 0.25) is 5.95 Å². The molecule has 0 saturated carbocycles. The van der Waals surface area contributed by atoms with Crippen LogP contribution in [0.1, 0.15) is 0 Å². The molecule has 0 fully saturated rings. The van der Waals surface area contributed by atoms with E-state index in [0.29, 0.717) is 17.6 Å². The summed E-state index contributed by atoms with van der Waals surface area (Å²) in [5, 5.41) is 11.6. The van der Waals surface area contributed by atoms with Crippen molar-refractivity contribution in [1.29, 1.82) is 0 Å². The molecule has 0 saturated heterocycles. The van der Waals surface area contributed by atoms with Crippen LogP contribution in [0.5, 0.6) is 0 Å². The predicted octanol–water partition coefficient (Wildman–Crippen LogP) is 13.3. The van der Waals surface area contributed by atoms with Crippen LogP contribution in [0.15, 0.2) is 186 Å². The summed E-state index contributed by atoms with van der Waals surface area (Å²) in [7, 11) is 0. The predicted molar refractivity (Wildman–Crippen MR) is 230 cm³/mol. The number of nitrogens with zero attached hydrogens (tertiary/aromatic N) is 4. The normalized spacial score (nSPS) is 11.9. The van der Waals surface area contributed by atoms with Gasteiger partial charge in [-0.25, -0.2) is 4.98 Å². The third-order valence-corrected chi connectivity index (χ3v) is 11.2. The summed E-state index contributed by atoms with van der Waals surface area (Å²) < 4.78 is 8.85. The fraction of sp³-hybridized carbons (Fsp3) is 0. The largest absolute Gasteiger partial charge is 0.455 e. The Bertz CT molecular complexity index is 3510. The fourth-order valence-electron chi connectivity index (χ4n) is 8.53. The first-order valence-corrected chi connectivity index (χ1v) is 18.8. The van der Waals surface area contributed by atoms with Crippen LogP contribution in [0.25, 0.3) is 116 Å². The first kappa shape index (κ1) is 30.8. The zero-order valence-corrected chi connectivity index (χ0v) is 30.0. The monoisotopic (exact) mass is 714 g/mol. The van der Waals surface area contributed by atoms with Gasteiger partial charge in [0, 0.05) is 27.1 Å². The molecule has 56 heavy (non-hydrogen) atoms. The molecule has 0 unspecified atom stereocenters. The van der Waals surface area contributed by atoms with E-state index in [2.05, 4.69) is 187 Å². The van der Waals surface area contributed by atoms with Crippen molar-refractivity contribution in [3.05, 3.63) is 182 Å². The van der Waals surface area contributed by atoms with Gasteiger partial charge in [0.1, 0.15) is 11.2 Å². The van der Waals surface area contributed by atoms with Gasteiger partial charge in [-0.05, 0) is 85.9 Å². The molecule has 260 valence electrons. The van der Waals surface area contributed by atoms with Gasteiger partial charge in [-0.15, -0.1) is 0 Å². The van der Waals surface area contributed by atoms with Crippen LogP contribution in [-0.4, -0.2) is 19.5 Å². The van der Waals surface area contributed by atoms with Crippen molar-refractivity contribution < 1.29 is 4.42 Å². The molecule has 3 aromatic heterocycles. The van der Waals surface area contributed by atoms with Gasteiger partial charge in [-0.1, -0.05) is 140 Å². The van der Waals surface area contributed by atoms with E-state index < -0.39 is 0 Å². The zero-order valence-electron chi connectivity index (χ0n) is 30.0. The highest BCUT2D eigenvalue weighted by Gasteiger charge is 2.21. The first-order chi connectivity index (χ1) is 27.7. The SMILES string of the molecule is c1cc(-c2ccc3ccc4ccccc4c3c2)cc(-c2nc(-c3cccc4c3oc3cc5ccccc5cc34)nc(-n3c4ccccc4c4ccccc43)n2)c1. The highest BCUT2D eigenvalue weighted by molar-refractivity contribution is 6.13. The van der Waals surface area contributed by atoms with E-state index >= 15 is 0 Å². The van der Waals surface area contributed by atoms with Crippen LogP contribution in [0.2, 0.25) is 0 Å². The molecule has 12 aromatic rings. The summed E-state index contributed by atoms with van der Waals surface area (Å²) in [4.78, 5) is 15.8. The number of benzene rings is 9. The van der Waals surface area contributed by atoms with E-state index in [4.69, 9.17) is 19.4 Å². The van der Waals surface area contributed by atoms with E-state index in [1.165, 1.54) is 26.9 Å². The highest BCUT2D eigenvalue weighted by atomic mass is 16.3. The maximum absolute atomic E-state index is 6.70. The second-order valence-electron chi connectivity index (χ2n) is 14.4. The van der Waals surface area contributed by atoms with E-state index in [0.717, 1.165) is 71.4 Å². The molecule has 0 atom stereocenters. The molecule has 0 N–H and O–H groups in total. The molecule has 0 spiro atoms. The second-order valence-corrected chi connectivity index (χ2v) is 14.4. The smallest absolute Gasteiger partial charge is 0.238 e. The summed E-state index contributed by atoms with van der Waals surface area (Å²) in [6, 6.07) is 64.0. The van der Waals surface area contributed by atoms with Crippen molar-refractivity contribution >= 4 is 76.1 Å². The Morgan fingerprint density at radius 3 is 1.75 bits per heavy atom. The van der Waals surface area contributed by atoms with Crippen LogP contribution in [0.3, 0.4) is 0 Å². The van der Waals surface area contributed by atoms with Gasteiger partial charge < -0.3 is 4.42 Å². The maximum atomic E-state index is 6.70. The lowest BCUT2D eigenvalue weighted by Crippen LogP contribution is -2.06. The van der Waals surface area contributed by atoms with Crippen LogP contribution >= 0.6 is 0 Å². The molecule has 0 radical (unpaired) electrons. The van der Waals surface area contributed by atoms with Crippen molar-refractivity contribution in [2.24, 2.45) is 0 Å². The van der Waals surface area contributed by atoms with Crippen LogP contribution in [0, 0.1) is 0 Å². The zero-order chi connectivity index (χ0) is 36.7. The molecule has 5 heteroatoms. The maximum Gasteiger partial charge on any atom is 0.238 e. The number of hydrogen-bond donors (Lipinski definition) is 0. The Hall–Kier alpha value is -7.63. The minimum absolute atomic E-state index is 0.545. The van der Waals surface area contributed by atoms with Gasteiger partial charge in [0.25, 0.3) is 0 Å². The third-order valence-electron chi connectivity index (χ3n) is 11.2. The third kappa shape index (κ3) is 4.71. The van der Waals surface area contributed by atoms with Crippen molar-refractivity contribution in [1.82, 2.24) is 19.5 Å². The quantitative estimate of drug-likeness (QED) is 0.170. The van der Waals surface area contributed by atoms with Crippen LogP contribution in [0.4, 0.5) is 0 Å². The van der Waals surface area contributed by atoms with Gasteiger partial charge in [0.05, 0.1) is 16.6 Å². The number of hydrogen-bond acceptors (Lipinski definition) is 4. The van der Waals surface area contributed by atoms with Crippen molar-refractivity contribution in [2.75, 3.05) is 0 Å². The molecule has 0 amide bonds. The van der Waals surface area contributed by atoms with E-state index in [-0.39, 0.29) is 0 Å². The van der Waals surface area contributed by atoms with Crippen LogP contribution in [-0.2, 0) is 0 Å². The molecule has 0 bridgehead atoms. The van der Waals surface area contributed by atoms with Crippen molar-refractivity contribution in [3.8, 4) is 39.9 Å². The Morgan fingerprint density at radius 2 is 0.946 bits per heavy atom. The molecule has 0 aliphatic heterocycles. The van der Waals surface area contributed by atoms with Gasteiger partial charge in [0.15, 0.2) is 11.6 Å². The van der Waals surface area contributed by atoms with E-state index in [1.54, 1.807) is 0 Å². The van der Waals surface area contributed by atoms with Crippen LogP contribution < -0.4 is 0 Å². The Kier molecular flexibility index (Phi) is 6.56. The van der Waals surface area contributed by atoms with Crippen molar-refractivity contribution in [2.45, 2.75) is 0 Å². The van der Waals surface area contributed by atoms with Gasteiger partial charge in [-0.2, -0.15) is 9.97 Å². The lowest BCUT2D eigenvalue weighted by Gasteiger charge is -2.12. The molecule has 9 aromatic carbocycles. The lowest BCUT2D eigenvalue weighted by atomic mass is 9.96. The molecule has 0 aliphatic rings. The highest BCUT2D eigenvalue weighted by Crippen LogP contribution is 2.39. The number of aromatic nitrogens is 4. The van der Waals surface area contributed by atoms with Crippen molar-refractivity contribution in [3.63, 3.8) is 0 Å². The molecular weight excluding hydrogens is 685 g/mol. The fourth-order valence-corrected chi connectivity index (χ4v) is 8.53. The number of fused-ring (bicyclic) bond motifs is 10. The minimum atomic E-state index is 0.545.